The van der Waals surface area contributed by atoms with Gasteiger partial charge in [0, 0.05) is 24.4 Å². The lowest BCUT2D eigenvalue weighted by atomic mass is 10.0. The average molecular weight is 326 g/mol. The lowest BCUT2D eigenvalue weighted by molar-refractivity contribution is -0.121. The molecule has 1 N–H and O–H groups in total. The first-order valence-corrected chi connectivity index (χ1v) is 8.83. The van der Waals surface area contributed by atoms with E-state index in [2.05, 4.69) is 5.32 Å². The van der Waals surface area contributed by atoms with Crippen molar-refractivity contribution in [2.45, 2.75) is 45.4 Å². The second kappa shape index (κ2) is 5.72. The Morgan fingerprint density at radius 1 is 1.08 bits per heavy atom. The van der Waals surface area contributed by atoms with Crippen molar-refractivity contribution in [3.8, 4) is 0 Å². The molecule has 5 heteroatoms. The van der Waals surface area contributed by atoms with E-state index < -0.39 is 0 Å². The number of anilines is 2. The van der Waals surface area contributed by atoms with E-state index in [-0.39, 0.29) is 36.5 Å². The molecule has 0 spiro atoms. The third-order valence-electron chi connectivity index (χ3n) is 5.73. The summed E-state index contributed by atoms with van der Waals surface area (Å²) in [4.78, 5) is 37.7. The van der Waals surface area contributed by atoms with Gasteiger partial charge in [0.25, 0.3) is 0 Å². The Kier molecular flexibility index (Phi) is 3.66. The molecule has 2 atom stereocenters. The molecule has 3 amide bonds. The minimum Gasteiger partial charge on any atom is -0.326 e. The average Bonchev–Trinajstić information content (AvgIpc) is 3.21. The summed E-state index contributed by atoms with van der Waals surface area (Å²) in [5.74, 6) is 1.02. The van der Waals surface area contributed by atoms with Crippen molar-refractivity contribution in [1.29, 1.82) is 0 Å². The Morgan fingerprint density at radius 3 is 2.33 bits per heavy atom. The predicted molar refractivity (Wildman–Crippen MR) is 90.5 cm³/mol. The van der Waals surface area contributed by atoms with Gasteiger partial charge >= 0.3 is 0 Å². The first-order valence-electron chi connectivity index (χ1n) is 8.83. The summed E-state index contributed by atoms with van der Waals surface area (Å²) < 4.78 is 0. The Bertz CT molecular complexity index is 699. The van der Waals surface area contributed by atoms with Gasteiger partial charge in [0.1, 0.15) is 0 Å². The van der Waals surface area contributed by atoms with E-state index >= 15 is 0 Å². The molecule has 1 aromatic rings. The van der Waals surface area contributed by atoms with Gasteiger partial charge < -0.3 is 5.32 Å². The fraction of sp³-hybridized carbons (Fsp3) is 0.526. The molecule has 1 saturated heterocycles. The molecule has 0 radical (unpaired) electrons. The van der Waals surface area contributed by atoms with Gasteiger partial charge in [0.15, 0.2) is 0 Å². The van der Waals surface area contributed by atoms with Gasteiger partial charge in [-0.1, -0.05) is 18.9 Å². The summed E-state index contributed by atoms with van der Waals surface area (Å²) >= 11 is 0. The molecule has 126 valence electrons. The molecular weight excluding hydrogens is 304 g/mol. The van der Waals surface area contributed by atoms with Crippen molar-refractivity contribution in [3.63, 3.8) is 0 Å². The SMILES string of the molecule is Cc1ccc(NC(=O)C2[C@H]3CCCC[C@H]23)cc1N1C(=O)CCC1=O. The Hall–Kier alpha value is -2.17. The summed E-state index contributed by atoms with van der Waals surface area (Å²) in [6.45, 7) is 1.87. The maximum absolute atomic E-state index is 12.5. The van der Waals surface area contributed by atoms with Crippen molar-refractivity contribution in [1.82, 2.24) is 0 Å². The molecule has 4 rings (SSSR count). The van der Waals surface area contributed by atoms with Crippen molar-refractivity contribution < 1.29 is 14.4 Å². The van der Waals surface area contributed by atoms with Crippen LogP contribution >= 0.6 is 0 Å². The maximum Gasteiger partial charge on any atom is 0.234 e. The molecule has 1 aromatic carbocycles. The van der Waals surface area contributed by atoms with E-state index in [9.17, 15) is 14.4 Å². The molecule has 2 aliphatic carbocycles. The normalized spacial score (nSPS) is 28.7. The van der Waals surface area contributed by atoms with Crippen LogP contribution in [0.15, 0.2) is 18.2 Å². The van der Waals surface area contributed by atoms with Gasteiger partial charge in [-0.3, -0.25) is 19.3 Å². The van der Waals surface area contributed by atoms with Gasteiger partial charge in [0.2, 0.25) is 17.7 Å². The van der Waals surface area contributed by atoms with Crippen LogP contribution < -0.4 is 10.2 Å². The zero-order valence-corrected chi connectivity index (χ0v) is 13.9. The molecular formula is C19H22N2O3. The standard InChI is InChI=1S/C19H22N2O3/c1-11-6-7-12(10-15(11)21-16(22)8-9-17(21)23)20-19(24)18-13-4-2-3-5-14(13)18/h6-7,10,13-14,18H,2-5,8-9H2,1H3,(H,20,24)/t13-,14-/m0/s1. The van der Waals surface area contributed by atoms with Gasteiger partial charge in [-0.05, 0) is 49.3 Å². The minimum atomic E-state index is -0.167. The van der Waals surface area contributed by atoms with Crippen LogP contribution in [0.2, 0.25) is 0 Å². The highest BCUT2D eigenvalue weighted by molar-refractivity contribution is 6.20. The number of nitrogens with zero attached hydrogens (tertiary/aromatic N) is 1. The van der Waals surface area contributed by atoms with Gasteiger partial charge in [0.05, 0.1) is 5.69 Å². The molecule has 1 heterocycles. The number of amides is 3. The second-order valence-electron chi connectivity index (χ2n) is 7.25. The lowest BCUT2D eigenvalue weighted by Crippen LogP contribution is -2.29. The van der Waals surface area contributed by atoms with Crippen molar-refractivity contribution in [2.24, 2.45) is 17.8 Å². The summed E-state index contributed by atoms with van der Waals surface area (Å²) in [6.07, 6.45) is 5.33. The van der Waals surface area contributed by atoms with E-state index in [0.29, 0.717) is 23.2 Å². The topological polar surface area (TPSA) is 66.5 Å². The van der Waals surface area contributed by atoms with Crippen molar-refractivity contribution in [3.05, 3.63) is 23.8 Å². The van der Waals surface area contributed by atoms with Gasteiger partial charge in [-0.2, -0.15) is 0 Å². The van der Waals surface area contributed by atoms with Crippen LogP contribution in [0, 0.1) is 24.7 Å². The van der Waals surface area contributed by atoms with E-state index in [0.717, 1.165) is 5.56 Å². The predicted octanol–water partition coefficient (Wildman–Crippen LogP) is 3.02. The fourth-order valence-corrected chi connectivity index (χ4v) is 4.38. The van der Waals surface area contributed by atoms with Gasteiger partial charge in [-0.15, -0.1) is 0 Å². The van der Waals surface area contributed by atoms with Gasteiger partial charge in [-0.25, -0.2) is 0 Å². The highest BCUT2D eigenvalue weighted by Gasteiger charge is 2.54. The molecule has 3 aliphatic rings. The van der Waals surface area contributed by atoms with Crippen LogP contribution in [0.1, 0.15) is 44.1 Å². The summed E-state index contributed by atoms with van der Waals surface area (Å²) in [5.41, 5.74) is 2.11. The number of imide groups is 1. The van der Waals surface area contributed by atoms with Crippen molar-refractivity contribution >= 4 is 29.1 Å². The first kappa shape index (κ1) is 15.4. The molecule has 0 aromatic heterocycles. The summed E-state index contributed by atoms with van der Waals surface area (Å²) in [6, 6.07) is 5.44. The second-order valence-corrected chi connectivity index (χ2v) is 7.25. The molecule has 5 nitrogen and oxygen atoms in total. The third-order valence-corrected chi connectivity index (χ3v) is 5.73. The monoisotopic (exact) mass is 326 g/mol. The molecule has 2 saturated carbocycles. The van der Waals surface area contributed by atoms with E-state index in [1.165, 1.54) is 30.6 Å². The fourth-order valence-electron chi connectivity index (χ4n) is 4.38. The number of hydrogen-bond acceptors (Lipinski definition) is 3. The van der Waals surface area contributed by atoms with Crippen molar-refractivity contribution in [2.75, 3.05) is 10.2 Å². The van der Waals surface area contributed by atoms with Crippen LogP contribution in [0.4, 0.5) is 11.4 Å². The number of fused-ring (bicyclic) bond motifs is 1. The lowest BCUT2D eigenvalue weighted by Gasteiger charge is -2.18. The number of hydrogen-bond donors (Lipinski definition) is 1. The van der Waals surface area contributed by atoms with E-state index in [1.54, 1.807) is 6.07 Å². The Balaban J connectivity index is 1.52. The maximum atomic E-state index is 12.5. The van der Waals surface area contributed by atoms with E-state index in [4.69, 9.17) is 0 Å². The molecule has 3 fully saturated rings. The highest BCUT2D eigenvalue weighted by Crippen LogP contribution is 2.55. The highest BCUT2D eigenvalue weighted by atomic mass is 16.2. The number of carbonyl (C=O) groups excluding carboxylic acids is 3. The molecule has 1 aliphatic heterocycles. The summed E-state index contributed by atoms with van der Waals surface area (Å²) in [7, 11) is 0. The quantitative estimate of drug-likeness (QED) is 0.868. The smallest absolute Gasteiger partial charge is 0.234 e. The number of carbonyl (C=O) groups is 3. The third kappa shape index (κ3) is 2.52. The molecule has 0 bridgehead atoms. The molecule has 0 unspecified atom stereocenters. The van der Waals surface area contributed by atoms with E-state index in [1.807, 2.05) is 19.1 Å². The number of benzene rings is 1. The van der Waals surface area contributed by atoms with Crippen LogP contribution in [0.3, 0.4) is 0 Å². The molecule has 24 heavy (non-hydrogen) atoms. The number of nitrogens with one attached hydrogen (secondary N) is 1. The zero-order valence-electron chi connectivity index (χ0n) is 13.9. The zero-order chi connectivity index (χ0) is 16.8. The minimum absolute atomic E-state index is 0.0841. The number of aryl methyl sites for hydroxylation is 1. The largest absolute Gasteiger partial charge is 0.326 e. The van der Waals surface area contributed by atoms with Crippen LogP contribution in [-0.4, -0.2) is 17.7 Å². The Morgan fingerprint density at radius 2 is 1.71 bits per heavy atom. The van der Waals surface area contributed by atoms with Crippen LogP contribution in [-0.2, 0) is 14.4 Å². The number of rotatable bonds is 3. The Labute approximate surface area is 141 Å². The first-order chi connectivity index (χ1) is 11.6. The van der Waals surface area contributed by atoms with Crippen LogP contribution in [0.25, 0.3) is 0 Å². The summed E-state index contributed by atoms with van der Waals surface area (Å²) in [5, 5.41) is 2.99. The van der Waals surface area contributed by atoms with Crippen LogP contribution in [0.5, 0.6) is 0 Å².